The van der Waals surface area contributed by atoms with Crippen LogP contribution in [-0.2, 0) is 4.74 Å². The van der Waals surface area contributed by atoms with Crippen LogP contribution in [0.2, 0.25) is 0 Å². The minimum Gasteiger partial charge on any atom is -0.463 e. The number of nitriles is 1. The van der Waals surface area contributed by atoms with Crippen molar-refractivity contribution < 1.29 is 13.9 Å². The van der Waals surface area contributed by atoms with E-state index in [1.807, 2.05) is 24.3 Å². The summed E-state index contributed by atoms with van der Waals surface area (Å²) in [4.78, 5) is 16.8. The predicted molar refractivity (Wildman–Crippen MR) is 79.9 cm³/mol. The van der Waals surface area contributed by atoms with Crippen LogP contribution in [0.5, 0.6) is 0 Å². The third-order valence-electron chi connectivity index (χ3n) is 3.18. The van der Waals surface area contributed by atoms with Gasteiger partial charge in [-0.2, -0.15) is 5.26 Å². The van der Waals surface area contributed by atoms with E-state index in [2.05, 4.69) is 4.98 Å². The van der Waals surface area contributed by atoms with E-state index in [4.69, 9.17) is 14.4 Å². The zero-order valence-corrected chi connectivity index (χ0v) is 11.8. The van der Waals surface area contributed by atoms with E-state index in [9.17, 15) is 4.79 Å². The Morgan fingerprint density at radius 2 is 2.14 bits per heavy atom. The van der Waals surface area contributed by atoms with Crippen LogP contribution in [-0.4, -0.2) is 17.1 Å². The van der Waals surface area contributed by atoms with Crippen LogP contribution in [0.3, 0.4) is 0 Å². The fraction of sp³-hybridized carbons (Fsp3) is 0.118. The van der Waals surface area contributed by atoms with E-state index < -0.39 is 12.1 Å². The summed E-state index contributed by atoms with van der Waals surface area (Å²) in [6.45, 7) is 1.52. The fourth-order valence-corrected chi connectivity index (χ4v) is 2.15. The molecule has 0 aliphatic rings. The standard InChI is InChI=1S/C17H12N2O3/c1-11(10-18)22-17(20)13-9-15(16-7-4-8-21-16)19-14-6-3-2-5-12(13)14/h2-9,11H,1H3. The number of furan rings is 1. The molecule has 0 fully saturated rings. The van der Waals surface area contributed by atoms with E-state index in [-0.39, 0.29) is 0 Å². The number of aromatic nitrogens is 1. The van der Waals surface area contributed by atoms with Gasteiger partial charge in [0.05, 0.1) is 17.3 Å². The Balaban J connectivity index is 2.15. The van der Waals surface area contributed by atoms with Gasteiger partial charge in [0.15, 0.2) is 11.9 Å². The Kier molecular flexibility index (Phi) is 3.58. The number of pyridine rings is 1. The van der Waals surface area contributed by atoms with E-state index in [0.29, 0.717) is 27.9 Å². The number of carbonyl (C=O) groups is 1. The van der Waals surface area contributed by atoms with Crippen molar-refractivity contribution >= 4 is 16.9 Å². The molecule has 3 aromatic rings. The van der Waals surface area contributed by atoms with Crippen LogP contribution in [0.4, 0.5) is 0 Å². The predicted octanol–water partition coefficient (Wildman–Crippen LogP) is 3.56. The maximum Gasteiger partial charge on any atom is 0.340 e. The van der Waals surface area contributed by atoms with Crippen LogP contribution in [0.1, 0.15) is 17.3 Å². The van der Waals surface area contributed by atoms with Gasteiger partial charge in [-0.1, -0.05) is 18.2 Å². The molecule has 108 valence electrons. The lowest BCUT2D eigenvalue weighted by molar-refractivity contribution is 0.0438. The lowest BCUT2D eigenvalue weighted by Gasteiger charge is -2.10. The van der Waals surface area contributed by atoms with Crippen molar-refractivity contribution in [3.8, 4) is 17.5 Å². The van der Waals surface area contributed by atoms with Crippen LogP contribution in [0, 0.1) is 11.3 Å². The molecule has 1 unspecified atom stereocenters. The maximum atomic E-state index is 12.3. The van der Waals surface area contributed by atoms with E-state index in [1.165, 1.54) is 6.92 Å². The number of hydrogen-bond donors (Lipinski definition) is 0. The van der Waals surface area contributed by atoms with Crippen LogP contribution in [0.25, 0.3) is 22.4 Å². The highest BCUT2D eigenvalue weighted by atomic mass is 16.5. The zero-order chi connectivity index (χ0) is 15.5. The summed E-state index contributed by atoms with van der Waals surface area (Å²) < 4.78 is 10.4. The van der Waals surface area contributed by atoms with Crippen molar-refractivity contribution in [2.45, 2.75) is 13.0 Å². The number of para-hydroxylation sites is 1. The average Bonchev–Trinajstić information content (AvgIpc) is 3.08. The number of esters is 1. The lowest BCUT2D eigenvalue weighted by Crippen LogP contribution is -2.13. The molecule has 0 saturated carbocycles. The van der Waals surface area contributed by atoms with Crippen molar-refractivity contribution in [1.82, 2.24) is 4.98 Å². The summed E-state index contributed by atoms with van der Waals surface area (Å²) in [7, 11) is 0. The Morgan fingerprint density at radius 3 is 2.86 bits per heavy atom. The molecular formula is C17H12N2O3. The molecule has 5 heteroatoms. The van der Waals surface area contributed by atoms with Crippen molar-refractivity contribution in [1.29, 1.82) is 5.26 Å². The molecule has 0 bridgehead atoms. The number of ether oxygens (including phenoxy) is 1. The van der Waals surface area contributed by atoms with Gasteiger partial charge in [-0.05, 0) is 31.2 Å². The van der Waals surface area contributed by atoms with Gasteiger partial charge in [-0.15, -0.1) is 0 Å². The largest absolute Gasteiger partial charge is 0.463 e. The second-order valence-corrected chi connectivity index (χ2v) is 4.73. The van der Waals surface area contributed by atoms with Crippen molar-refractivity contribution in [3.05, 3.63) is 54.3 Å². The number of carbonyl (C=O) groups excluding carboxylic acids is 1. The van der Waals surface area contributed by atoms with Gasteiger partial charge < -0.3 is 9.15 Å². The normalized spacial score (nSPS) is 11.8. The molecule has 0 aliphatic heterocycles. The minimum absolute atomic E-state index is 0.360. The summed E-state index contributed by atoms with van der Waals surface area (Å²) in [5.41, 5.74) is 1.56. The average molecular weight is 292 g/mol. The molecule has 3 rings (SSSR count). The first-order valence-corrected chi connectivity index (χ1v) is 6.73. The first kappa shape index (κ1) is 13.8. The number of nitrogens with zero attached hydrogens (tertiary/aromatic N) is 2. The lowest BCUT2D eigenvalue weighted by atomic mass is 10.1. The van der Waals surface area contributed by atoms with Crippen molar-refractivity contribution in [2.24, 2.45) is 0 Å². The van der Waals surface area contributed by atoms with Crippen LogP contribution in [0.15, 0.2) is 53.1 Å². The third-order valence-corrected chi connectivity index (χ3v) is 3.18. The summed E-state index contributed by atoms with van der Waals surface area (Å²) in [6.07, 6.45) is 0.730. The Morgan fingerprint density at radius 1 is 1.32 bits per heavy atom. The fourth-order valence-electron chi connectivity index (χ4n) is 2.15. The molecule has 2 aromatic heterocycles. The van der Waals surface area contributed by atoms with Crippen LogP contribution >= 0.6 is 0 Å². The molecule has 0 saturated heterocycles. The van der Waals surface area contributed by atoms with Gasteiger partial charge in [-0.3, -0.25) is 0 Å². The Hall–Kier alpha value is -3.13. The molecular weight excluding hydrogens is 280 g/mol. The number of fused-ring (bicyclic) bond motifs is 1. The molecule has 0 aliphatic carbocycles. The number of rotatable bonds is 3. The summed E-state index contributed by atoms with van der Waals surface area (Å²) in [5.74, 6) is 0.00795. The molecule has 0 spiro atoms. The van der Waals surface area contributed by atoms with E-state index >= 15 is 0 Å². The second kappa shape index (κ2) is 5.70. The van der Waals surface area contributed by atoms with Gasteiger partial charge >= 0.3 is 5.97 Å². The molecule has 0 radical (unpaired) electrons. The molecule has 0 N–H and O–H groups in total. The van der Waals surface area contributed by atoms with Crippen molar-refractivity contribution in [2.75, 3.05) is 0 Å². The summed E-state index contributed by atoms with van der Waals surface area (Å²) in [6, 6.07) is 14.3. The van der Waals surface area contributed by atoms with Crippen molar-refractivity contribution in [3.63, 3.8) is 0 Å². The third kappa shape index (κ3) is 2.54. The first-order chi connectivity index (χ1) is 10.7. The molecule has 1 atom stereocenters. The van der Waals surface area contributed by atoms with Gasteiger partial charge in [0.25, 0.3) is 0 Å². The van der Waals surface area contributed by atoms with E-state index in [0.717, 1.165) is 0 Å². The SMILES string of the molecule is CC(C#N)OC(=O)c1cc(-c2ccco2)nc2ccccc12. The molecule has 2 heterocycles. The van der Waals surface area contributed by atoms with Gasteiger partial charge in [0.2, 0.25) is 0 Å². The maximum absolute atomic E-state index is 12.3. The first-order valence-electron chi connectivity index (χ1n) is 6.73. The second-order valence-electron chi connectivity index (χ2n) is 4.73. The van der Waals surface area contributed by atoms with Gasteiger partial charge in [0, 0.05) is 5.39 Å². The molecule has 5 nitrogen and oxygen atoms in total. The monoisotopic (exact) mass is 292 g/mol. The quantitative estimate of drug-likeness (QED) is 0.690. The summed E-state index contributed by atoms with van der Waals surface area (Å²) in [5, 5.41) is 9.47. The highest BCUT2D eigenvalue weighted by Gasteiger charge is 2.17. The Bertz CT molecular complexity index is 863. The number of hydrogen-bond acceptors (Lipinski definition) is 5. The smallest absolute Gasteiger partial charge is 0.340 e. The summed E-state index contributed by atoms with van der Waals surface area (Å²) >= 11 is 0. The van der Waals surface area contributed by atoms with E-state index in [1.54, 1.807) is 30.5 Å². The molecule has 22 heavy (non-hydrogen) atoms. The zero-order valence-electron chi connectivity index (χ0n) is 11.8. The number of benzene rings is 1. The molecule has 0 amide bonds. The minimum atomic E-state index is -0.813. The van der Waals surface area contributed by atoms with Gasteiger partial charge in [-0.25, -0.2) is 9.78 Å². The highest BCUT2D eigenvalue weighted by molar-refractivity contribution is 6.04. The molecule has 1 aromatic carbocycles. The van der Waals surface area contributed by atoms with Gasteiger partial charge in [0.1, 0.15) is 11.8 Å². The van der Waals surface area contributed by atoms with Crippen LogP contribution < -0.4 is 0 Å². The topological polar surface area (TPSA) is 76.1 Å². The highest BCUT2D eigenvalue weighted by Crippen LogP contribution is 2.25. The Labute approximate surface area is 126 Å².